The van der Waals surface area contributed by atoms with Crippen LogP contribution in [-0.2, 0) is 14.3 Å². The van der Waals surface area contributed by atoms with Crippen LogP contribution in [0.5, 0.6) is 0 Å². The van der Waals surface area contributed by atoms with Crippen LogP contribution in [0.25, 0.3) is 0 Å². The average Bonchev–Trinajstić information content (AvgIpc) is 2.84. The molecular formula is C9H18O4. The fraction of sp³-hybridized carbons (Fsp3) is 0.889. The molecule has 0 saturated carbocycles. The lowest BCUT2D eigenvalue weighted by Gasteiger charge is -2.01. The van der Waals surface area contributed by atoms with Crippen LogP contribution < -0.4 is 0 Å². The van der Waals surface area contributed by atoms with Gasteiger partial charge < -0.3 is 14.6 Å². The minimum Gasteiger partial charge on any atom is -0.480 e. The molecule has 0 aromatic heterocycles. The molecule has 1 rings (SSSR count). The van der Waals surface area contributed by atoms with E-state index in [4.69, 9.17) is 14.6 Å². The van der Waals surface area contributed by atoms with Gasteiger partial charge >= 0.3 is 5.97 Å². The molecule has 1 aliphatic heterocycles. The molecule has 78 valence electrons. The second-order valence-corrected chi connectivity index (χ2v) is 3.12. The summed E-state index contributed by atoms with van der Waals surface area (Å²) in [4.78, 5) is 9.78. The molecule has 1 aliphatic rings. The van der Waals surface area contributed by atoms with Crippen LogP contribution in [0, 0.1) is 0 Å². The summed E-state index contributed by atoms with van der Waals surface area (Å²) in [5, 5.41) is 8.04. The van der Waals surface area contributed by atoms with Crippen molar-refractivity contribution in [2.45, 2.75) is 39.4 Å². The Morgan fingerprint density at radius 2 is 2.23 bits per heavy atom. The molecule has 1 N–H and O–H groups in total. The van der Waals surface area contributed by atoms with E-state index in [-0.39, 0.29) is 12.7 Å². The highest BCUT2D eigenvalue weighted by atomic mass is 16.6. The Hall–Kier alpha value is -0.610. The molecule has 1 unspecified atom stereocenters. The van der Waals surface area contributed by atoms with Gasteiger partial charge in [0, 0.05) is 0 Å². The van der Waals surface area contributed by atoms with Gasteiger partial charge in [-0.3, -0.25) is 0 Å². The van der Waals surface area contributed by atoms with Crippen LogP contribution in [0.1, 0.15) is 27.2 Å². The van der Waals surface area contributed by atoms with E-state index in [1.54, 1.807) is 13.8 Å². The van der Waals surface area contributed by atoms with Crippen LogP contribution in [0.4, 0.5) is 0 Å². The van der Waals surface area contributed by atoms with Gasteiger partial charge in [0.15, 0.2) is 0 Å². The fourth-order valence-electron chi connectivity index (χ4n) is 0.542. The zero-order chi connectivity index (χ0) is 10.3. The highest BCUT2D eigenvalue weighted by Crippen LogP contribution is 2.10. The van der Waals surface area contributed by atoms with Crippen molar-refractivity contribution in [3.05, 3.63) is 0 Å². The van der Waals surface area contributed by atoms with Crippen LogP contribution in [0.15, 0.2) is 0 Å². The molecule has 1 atom stereocenters. The third-order valence-electron chi connectivity index (χ3n) is 1.40. The van der Waals surface area contributed by atoms with Gasteiger partial charge in [0.1, 0.15) is 6.61 Å². The maximum atomic E-state index is 9.78. The van der Waals surface area contributed by atoms with Crippen LogP contribution >= 0.6 is 0 Å². The lowest BCUT2D eigenvalue weighted by atomic mass is 10.4. The fourth-order valence-corrected chi connectivity index (χ4v) is 0.542. The number of aliphatic carboxylic acids is 1. The van der Waals surface area contributed by atoms with Gasteiger partial charge in [0.2, 0.25) is 0 Å². The molecule has 4 heteroatoms. The summed E-state index contributed by atoms with van der Waals surface area (Å²) in [7, 11) is 0. The Balaban J connectivity index is 0.000000243. The number of carboxylic acid groups (broad SMARTS) is 1. The summed E-state index contributed by atoms with van der Waals surface area (Å²) < 4.78 is 9.56. The standard InChI is InChI=1S/C5H10O3.C4H8O/c1-4(2)8-3-5(6)7;1-2-4-3-5-4/h4H,3H2,1-2H3,(H,6,7);4H,2-3H2,1H3. The van der Waals surface area contributed by atoms with Gasteiger partial charge in [0.05, 0.1) is 18.8 Å². The van der Waals surface area contributed by atoms with Crippen molar-refractivity contribution in [1.82, 2.24) is 0 Å². The molecule has 0 bridgehead atoms. The molecule has 1 heterocycles. The Bertz CT molecular complexity index is 141. The summed E-state index contributed by atoms with van der Waals surface area (Å²) in [5.74, 6) is -0.918. The first kappa shape index (κ1) is 12.4. The van der Waals surface area contributed by atoms with Crippen LogP contribution in [0.2, 0.25) is 0 Å². The summed E-state index contributed by atoms with van der Waals surface area (Å²) in [6.07, 6.45) is 1.83. The Morgan fingerprint density at radius 1 is 1.69 bits per heavy atom. The smallest absolute Gasteiger partial charge is 0.329 e. The van der Waals surface area contributed by atoms with Crippen molar-refractivity contribution in [3.63, 3.8) is 0 Å². The first-order valence-electron chi connectivity index (χ1n) is 4.51. The SMILES string of the molecule is CC(C)OCC(=O)O.CCC1CO1. The second-order valence-electron chi connectivity index (χ2n) is 3.12. The molecule has 13 heavy (non-hydrogen) atoms. The zero-order valence-electron chi connectivity index (χ0n) is 8.45. The summed E-state index contributed by atoms with van der Waals surface area (Å²) >= 11 is 0. The predicted octanol–water partition coefficient (Wildman–Crippen LogP) is 1.29. The monoisotopic (exact) mass is 190 g/mol. The lowest BCUT2D eigenvalue weighted by Crippen LogP contribution is -2.11. The maximum absolute atomic E-state index is 9.78. The van der Waals surface area contributed by atoms with E-state index in [9.17, 15) is 4.79 Å². The quantitative estimate of drug-likeness (QED) is 0.679. The molecular weight excluding hydrogens is 172 g/mol. The molecule has 0 amide bonds. The van der Waals surface area contributed by atoms with E-state index in [1.807, 2.05) is 0 Å². The molecule has 4 nitrogen and oxygen atoms in total. The molecule has 0 aromatic carbocycles. The van der Waals surface area contributed by atoms with Crippen molar-refractivity contribution in [2.75, 3.05) is 13.2 Å². The molecule has 0 radical (unpaired) electrons. The third-order valence-corrected chi connectivity index (χ3v) is 1.40. The van der Waals surface area contributed by atoms with E-state index in [2.05, 4.69) is 6.92 Å². The Labute approximate surface area is 78.8 Å². The minimum atomic E-state index is -0.918. The van der Waals surface area contributed by atoms with Gasteiger partial charge in [-0.1, -0.05) is 6.92 Å². The Kier molecular flexibility index (Phi) is 6.54. The van der Waals surface area contributed by atoms with E-state index in [0.717, 1.165) is 6.61 Å². The molecule has 0 spiro atoms. The van der Waals surface area contributed by atoms with Gasteiger partial charge in [-0.25, -0.2) is 4.79 Å². The highest BCUT2D eigenvalue weighted by molar-refractivity contribution is 5.67. The third kappa shape index (κ3) is 11.4. The van der Waals surface area contributed by atoms with Crippen LogP contribution in [-0.4, -0.2) is 36.5 Å². The number of carbonyl (C=O) groups is 1. The number of hydrogen-bond acceptors (Lipinski definition) is 3. The van der Waals surface area contributed by atoms with Gasteiger partial charge in [0.25, 0.3) is 0 Å². The molecule has 1 saturated heterocycles. The van der Waals surface area contributed by atoms with E-state index >= 15 is 0 Å². The van der Waals surface area contributed by atoms with Crippen molar-refractivity contribution in [3.8, 4) is 0 Å². The Morgan fingerprint density at radius 3 is 2.31 bits per heavy atom. The molecule has 0 aromatic rings. The second kappa shape index (κ2) is 6.86. The van der Waals surface area contributed by atoms with E-state index < -0.39 is 5.97 Å². The first-order chi connectivity index (χ1) is 6.06. The molecule has 0 aliphatic carbocycles. The topological polar surface area (TPSA) is 59.1 Å². The van der Waals surface area contributed by atoms with Gasteiger partial charge in [-0.05, 0) is 20.3 Å². The highest BCUT2D eigenvalue weighted by Gasteiger charge is 2.18. The van der Waals surface area contributed by atoms with Crippen LogP contribution in [0.3, 0.4) is 0 Å². The number of hydrogen-bond donors (Lipinski definition) is 1. The first-order valence-corrected chi connectivity index (χ1v) is 4.51. The largest absolute Gasteiger partial charge is 0.480 e. The number of rotatable bonds is 4. The minimum absolute atomic E-state index is 0.00565. The summed E-state index contributed by atoms with van der Waals surface area (Å²) in [5.41, 5.74) is 0. The van der Waals surface area contributed by atoms with Crippen molar-refractivity contribution in [2.24, 2.45) is 0 Å². The predicted molar refractivity (Wildman–Crippen MR) is 48.8 cm³/mol. The van der Waals surface area contributed by atoms with Gasteiger partial charge in [-0.15, -0.1) is 0 Å². The maximum Gasteiger partial charge on any atom is 0.329 e. The summed E-state index contributed by atoms with van der Waals surface area (Å²) in [6, 6.07) is 0. The van der Waals surface area contributed by atoms with E-state index in [1.165, 1.54) is 6.42 Å². The summed E-state index contributed by atoms with van der Waals surface area (Å²) in [6.45, 7) is 6.54. The normalized spacial score (nSPS) is 19.2. The average molecular weight is 190 g/mol. The number of carboxylic acids is 1. The van der Waals surface area contributed by atoms with Crippen molar-refractivity contribution in [1.29, 1.82) is 0 Å². The molecule has 1 fully saturated rings. The van der Waals surface area contributed by atoms with Crippen molar-refractivity contribution >= 4 is 5.97 Å². The number of ether oxygens (including phenoxy) is 2. The lowest BCUT2D eigenvalue weighted by molar-refractivity contribution is -0.143. The zero-order valence-corrected chi connectivity index (χ0v) is 8.45. The number of epoxide rings is 1. The van der Waals surface area contributed by atoms with Gasteiger partial charge in [-0.2, -0.15) is 0 Å². The van der Waals surface area contributed by atoms with E-state index in [0.29, 0.717) is 6.10 Å². The van der Waals surface area contributed by atoms with Crippen molar-refractivity contribution < 1.29 is 19.4 Å².